The van der Waals surface area contributed by atoms with Gasteiger partial charge in [-0.1, -0.05) is 0 Å². The third-order valence-corrected chi connectivity index (χ3v) is 5.43. The fraction of sp³-hybridized carbons (Fsp3) is 0.692. The van der Waals surface area contributed by atoms with Crippen LogP contribution in [0.3, 0.4) is 0 Å². The van der Waals surface area contributed by atoms with Crippen molar-refractivity contribution in [1.29, 1.82) is 0 Å². The van der Waals surface area contributed by atoms with E-state index < -0.39 is 0 Å². The molecule has 0 spiro atoms. The van der Waals surface area contributed by atoms with E-state index in [1.54, 1.807) is 0 Å². The number of hydrogen-bond donors (Lipinski definition) is 1. The van der Waals surface area contributed by atoms with Gasteiger partial charge in [0.1, 0.15) is 0 Å². The molecule has 0 radical (unpaired) electrons. The normalized spacial score (nSPS) is 19.6. The van der Waals surface area contributed by atoms with Gasteiger partial charge in [0, 0.05) is 39.4 Å². The molecule has 1 aromatic heterocycles. The molecule has 1 aliphatic carbocycles. The van der Waals surface area contributed by atoms with Gasteiger partial charge in [-0.2, -0.15) is 0 Å². The summed E-state index contributed by atoms with van der Waals surface area (Å²) in [6, 6.07) is 4.12. The average molecular weight is 317 g/mol. The summed E-state index contributed by atoms with van der Waals surface area (Å²) in [5, 5.41) is 5.77. The molecule has 2 unspecified atom stereocenters. The van der Waals surface area contributed by atoms with Gasteiger partial charge in [0.2, 0.25) is 0 Å². The maximum Gasteiger partial charge on any atom is 0.0387 e. The summed E-state index contributed by atoms with van der Waals surface area (Å²) in [6.07, 6.45) is 2.77. The molecular weight excluding hydrogens is 296 g/mol. The summed E-state index contributed by atoms with van der Waals surface area (Å²) < 4.78 is 1.19. The van der Waals surface area contributed by atoms with E-state index in [2.05, 4.69) is 58.5 Å². The standard InChI is InChI=1S/C13H21BrN2S/c1-9(16(3)12-4-5-12)7-15-10(2)13-6-11(14)8-17-13/h6,8-10,12,15H,4-5,7H2,1-3H3. The maximum absolute atomic E-state index is 3.62. The van der Waals surface area contributed by atoms with Crippen LogP contribution >= 0.6 is 27.3 Å². The predicted molar refractivity (Wildman–Crippen MR) is 78.7 cm³/mol. The van der Waals surface area contributed by atoms with Crippen LogP contribution < -0.4 is 5.32 Å². The molecule has 0 saturated heterocycles. The van der Waals surface area contributed by atoms with Crippen LogP contribution in [0, 0.1) is 0 Å². The first-order valence-corrected chi connectivity index (χ1v) is 7.94. The Hall–Kier alpha value is 0.1000. The van der Waals surface area contributed by atoms with Crippen molar-refractivity contribution < 1.29 is 0 Å². The Kier molecular flexibility index (Phi) is 4.64. The van der Waals surface area contributed by atoms with Gasteiger partial charge in [-0.15, -0.1) is 11.3 Å². The van der Waals surface area contributed by atoms with Crippen LogP contribution in [0.15, 0.2) is 15.9 Å². The Bertz CT molecular complexity index is 362. The minimum Gasteiger partial charge on any atom is -0.308 e. The topological polar surface area (TPSA) is 15.3 Å². The van der Waals surface area contributed by atoms with Crippen LogP contribution in [-0.4, -0.2) is 30.6 Å². The Balaban J connectivity index is 1.77. The molecule has 1 saturated carbocycles. The summed E-state index contributed by atoms with van der Waals surface area (Å²) in [7, 11) is 2.25. The zero-order valence-electron chi connectivity index (χ0n) is 10.7. The largest absolute Gasteiger partial charge is 0.308 e. The minimum absolute atomic E-state index is 0.446. The molecule has 1 heterocycles. The molecule has 0 aromatic carbocycles. The second kappa shape index (κ2) is 5.83. The fourth-order valence-corrected chi connectivity index (χ4v) is 3.47. The monoisotopic (exact) mass is 316 g/mol. The van der Waals surface area contributed by atoms with Crippen molar-refractivity contribution in [3.05, 3.63) is 20.8 Å². The van der Waals surface area contributed by atoms with E-state index in [4.69, 9.17) is 0 Å². The van der Waals surface area contributed by atoms with Crippen molar-refractivity contribution in [3.8, 4) is 0 Å². The van der Waals surface area contributed by atoms with Crippen LogP contribution in [0.2, 0.25) is 0 Å². The smallest absolute Gasteiger partial charge is 0.0387 e. The molecule has 96 valence electrons. The van der Waals surface area contributed by atoms with Gasteiger partial charge in [0.25, 0.3) is 0 Å². The molecular formula is C13H21BrN2S. The van der Waals surface area contributed by atoms with Crippen molar-refractivity contribution in [3.63, 3.8) is 0 Å². The van der Waals surface area contributed by atoms with Crippen molar-refractivity contribution in [1.82, 2.24) is 10.2 Å². The Morgan fingerprint density at radius 2 is 2.24 bits per heavy atom. The number of likely N-dealkylation sites (N-methyl/N-ethyl adjacent to an activating group) is 1. The molecule has 2 rings (SSSR count). The molecule has 0 bridgehead atoms. The van der Waals surface area contributed by atoms with Crippen LogP contribution in [0.4, 0.5) is 0 Å². The third-order valence-electron chi connectivity index (χ3n) is 3.55. The molecule has 0 aliphatic heterocycles. The van der Waals surface area contributed by atoms with Crippen molar-refractivity contribution in [2.45, 2.75) is 44.8 Å². The lowest BCUT2D eigenvalue weighted by Crippen LogP contribution is -2.39. The Labute approximate surface area is 117 Å². The van der Waals surface area contributed by atoms with Crippen molar-refractivity contribution in [2.75, 3.05) is 13.6 Å². The zero-order valence-corrected chi connectivity index (χ0v) is 13.1. The first-order valence-electron chi connectivity index (χ1n) is 6.27. The number of thiophene rings is 1. The highest BCUT2D eigenvalue weighted by Gasteiger charge is 2.29. The second-order valence-electron chi connectivity index (χ2n) is 5.04. The first kappa shape index (κ1) is 13.5. The Morgan fingerprint density at radius 1 is 1.53 bits per heavy atom. The lowest BCUT2D eigenvalue weighted by molar-refractivity contribution is 0.237. The number of rotatable bonds is 6. The number of hydrogen-bond acceptors (Lipinski definition) is 3. The van der Waals surface area contributed by atoms with Gasteiger partial charge in [0.05, 0.1) is 0 Å². The minimum atomic E-state index is 0.446. The van der Waals surface area contributed by atoms with Gasteiger partial charge < -0.3 is 5.32 Å². The second-order valence-corrected chi connectivity index (χ2v) is 6.90. The van der Waals surface area contributed by atoms with Gasteiger partial charge in [-0.25, -0.2) is 0 Å². The molecule has 2 atom stereocenters. The van der Waals surface area contributed by atoms with Crippen molar-refractivity contribution >= 4 is 27.3 Å². The van der Waals surface area contributed by atoms with E-state index in [0.717, 1.165) is 12.6 Å². The first-order chi connectivity index (χ1) is 8.08. The number of nitrogens with zero attached hydrogens (tertiary/aromatic N) is 1. The SMILES string of the molecule is CC(NCC(C)N(C)C1CC1)c1cc(Br)cs1. The highest BCUT2D eigenvalue weighted by molar-refractivity contribution is 9.10. The maximum atomic E-state index is 3.62. The van der Waals surface area contributed by atoms with Crippen LogP contribution in [0.5, 0.6) is 0 Å². The lowest BCUT2D eigenvalue weighted by atomic mass is 10.2. The quantitative estimate of drug-likeness (QED) is 0.862. The molecule has 2 nitrogen and oxygen atoms in total. The zero-order chi connectivity index (χ0) is 12.4. The fourth-order valence-electron chi connectivity index (χ4n) is 1.99. The number of halogens is 1. The molecule has 1 aliphatic rings. The van der Waals surface area contributed by atoms with E-state index in [-0.39, 0.29) is 0 Å². The van der Waals surface area contributed by atoms with Crippen molar-refractivity contribution in [2.24, 2.45) is 0 Å². The van der Waals surface area contributed by atoms with Crippen LogP contribution in [0.1, 0.15) is 37.6 Å². The molecule has 1 N–H and O–H groups in total. The lowest BCUT2D eigenvalue weighted by Gasteiger charge is -2.26. The number of nitrogens with one attached hydrogen (secondary N) is 1. The molecule has 0 amide bonds. The van der Waals surface area contributed by atoms with E-state index in [9.17, 15) is 0 Å². The summed E-state index contributed by atoms with van der Waals surface area (Å²) in [6.45, 7) is 5.61. The highest BCUT2D eigenvalue weighted by Crippen LogP contribution is 2.27. The molecule has 4 heteroatoms. The molecule has 17 heavy (non-hydrogen) atoms. The summed E-state index contributed by atoms with van der Waals surface area (Å²) >= 11 is 5.32. The highest BCUT2D eigenvalue weighted by atomic mass is 79.9. The van der Waals surface area contributed by atoms with Gasteiger partial charge in [0.15, 0.2) is 0 Å². The van der Waals surface area contributed by atoms with Crippen LogP contribution in [0.25, 0.3) is 0 Å². The summed E-state index contributed by atoms with van der Waals surface area (Å²) in [4.78, 5) is 3.91. The molecule has 1 fully saturated rings. The van der Waals surface area contributed by atoms with Gasteiger partial charge >= 0.3 is 0 Å². The Morgan fingerprint density at radius 3 is 2.76 bits per heavy atom. The summed E-state index contributed by atoms with van der Waals surface area (Å²) in [5.74, 6) is 0. The van der Waals surface area contributed by atoms with E-state index in [1.807, 2.05) is 11.3 Å². The van der Waals surface area contributed by atoms with Gasteiger partial charge in [-0.05, 0) is 55.7 Å². The predicted octanol–water partition coefficient (Wildman–Crippen LogP) is 3.64. The average Bonchev–Trinajstić information content (AvgIpc) is 3.07. The van der Waals surface area contributed by atoms with Crippen LogP contribution in [-0.2, 0) is 0 Å². The third kappa shape index (κ3) is 3.78. The van der Waals surface area contributed by atoms with E-state index in [1.165, 1.54) is 22.2 Å². The van der Waals surface area contributed by atoms with E-state index in [0.29, 0.717) is 12.1 Å². The summed E-state index contributed by atoms with van der Waals surface area (Å²) in [5.41, 5.74) is 0. The van der Waals surface area contributed by atoms with Gasteiger partial charge in [-0.3, -0.25) is 4.90 Å². The molecule has 1 aromatic rings. The van der Waals surface area contributed by atoms with E-state index >= 15 is 0 Å².